The van der Waals surface area contributed by atoms with E-state index in [9.17, 15) is 5.11 Å². The standard InChI is InChI=1S/C16H27NO/c1-6-16(18)14-9-7-8-10-15(14)17(5)13(4)11-12(2)3/h7-10,12-13,16,18H,6,11H2,1-5H3. The van der Waals surface area contributed by atoms with Crippen LogP contribution in [0.5, 0.6) is 0 Å². The zero-order chi connectivity index (χ0) is 13.7. The van der Waals surface area contributed by atoms with E-state index < -0.39 is 0 Å². The summed E-state index contributed by atoms with van der Waals surface area (Å²) in [5.74, 6) is 0.686. The fraction of sp³-hybridized carbons (Fsp3) is 0.625. The van der Waals surface area contributed by atoms with Crippen molar-refractivity contribution in [2.24, 2.45) is 5.92 Å². The quantitative estimate of drug-likeness (QED) is 0.823. The molecule has 1 N–H and O–H groups in total. The van der Waals surface area contributed by atoms with Crippen LogP contribution < -0.4 is 4.90 Å². The molecule has 0 heterocycles. The highest BCUT2D eigenvalue weighted by molar-refractivity contribution is 5.54. The molecular formula is C16H27NO. The van der Waals surface area contributed by atoms with Crippen LogP contribution in [0.15, 0.2) is 24.3 Å². The van der Waals surface area contributed by atoms with Gasteiger partial charge in [0.15, 0.2) is 0 Å². The van der Waals surface area contributed by atoms with E-state index in [0.717, 1.165) is 24.1 Å². The van der Waals surface area contributed by atoms with Crippen molar-refractivity contribution in [1.29, 1.82) is 0 Å². The average Bonchev–Trinajstić information content (AvgIpc) is 2.36. The molecule has 1 rings (SSSR count). The van der Waals surface area contributed by atoms with Gasteiger partial charge in [0.1, 0.15) is 0 Å². The molecule has 0 saturated heterocycles. The smallest absolute Gasteiger partial charge is 0.0807 e. The molecule has 0 radical (unpaired) electrons. The predicted molar refractivity (Wildman–Crippen MR) is 79.0 cm³/mol. The molecule has 0 aliphatic heterocycles. The van der Waals surface area contributed by atoms with E-state index in [2.05, 4.69) is 38.8 Å². The van der Waals surface area contributed by atoms with Gasteiger partial charge in [0, 0.05) is 24.3 Å². The molecule has 2 unspecified atom stereocenters. The Hall–Kier alpha value is -1.02. The van der Waals surface area contributed by atoms with E-state index >= 15 is 0 Å². The largest absolute Gasteiger partial charge is 0.388 e. The van der Waals surface area contributed by atoms with Crippen molar-refractivity contribution < 1.29 is 5.11 Å². The number of benzene rings is 1. The summed E-state index contributed by atoms with van der Waals surface area (Å²) >= 11 is 0. The van der Waals surface area contributed by atoms with Crippen LogP contribution in [-0.4, -0.2) is 18.2 Å². The van der Waals surface area contributed by atoms with Crippen molar-refractivity contribution in [1.82, 2.24) is 0 Å². The molecule has 1 aromatic carbocycles. The molecule has 2 nitrogen and oxygen atoms in total. The van der Waals surface area contributed by atoms with Crippen LogP contribution in [-0.2, 0) is 0 Å². The lowest BCUT2D eigenvalue weighted by Crippen LogP contribution is -2.31. The van der Waals surface area contributed by atoms with Gasteiger partial charge in [0.05, 0.1) is 6.10 Å². The second-order valence-corrected chi connectivity index (χ2v) is 5.57. The summed E-state index contributed by atoms with van der Waals surface area (Å²) in [4.78, 5) is 2.29. The maximum absolute atomic E-state index is 10.1. The van der Waals surface area contributed by atoms with Crippen LogP contribution >= 0.6 is 0 Å². The predicted octanol–water partition coefficient (Wildman–Crippen LogP) is 4.00. The van der Waals surface area contributed by atoms with Gasteiger partial charge in [-0.1, -0.05) is 39.0 Å². The number of hydrogen-bond donors (Lipinski definition) is 1. The van der Waals surface area contributed by atoms with E-state index in [4.69, 9.17) is 0 Å². The first kappa shape index (κ1) is 15.0. The summed E-state index contributed by atoms with van der Waals surface area (Å²) in [5, 5.41) is 10.1. The number of para-hydroxylation sites is 1. The Balaban J connectivity index is 2.94. The summed E-state index contributed by atoms with van der Waals surface area (Å²) in [6.45, 7) is 8.75. The van der Waals surface area contributed by atoms with Crippen molar-refractivity contribution in [3.63, 3.8) is 0 Å². The highest BCUT2D eigenvalue weighted by atomic mass is 16.3. The SMILES string of the molecule is CCC(O)c1ccccc1N(C)C(C)CC(C)C. The minimum absolute atomic E-state index is 0.366. The third-order valence-corrected chi connectivity index (χ3v) is 3.54. The molecule has 102 valence electrons. The lowest BCUT2D eigenvalue weighted by Gasteiger charge is -2.31. The highest BCUT2D eigenvalue weighted by Crippen LogP contribution is 2.29. The van der Waals surface area contributed by atoms with Gasteiger partial charge in [0.25, 0.3) is 0 Å². The molecule has 0 aliphatic carbocycles. The summed E-state index contributed by atoms with van der Waals surface area (Å²) < 4.78 is 0. The van der Waals surface area contributed by atoms with Crippen molar-refractivity contribution in [3.05, 3.63) is 29.8 Å². The highest BCUT2D eigenvalue weighted by Gasteiger charge is 2.17. The van der Waals surface area contributed by atoms with Gasteiger partial charge in [-0.05, 0) is 31.7 Å². The second kappa shape index (κ2) is 6.79. The lowest BCUT2D eigenvalue weighted by molar-refractivity contribution is 0.174. The zero-order valence-corrected chi connectivity index (χ0v) is 12.4. The van der Waals surface area contributed by atoms with Gasteiger partial charge in [-0.3, -0.25) is 0 Å². The van der Waals surface area contributed by atoms with Gasteiger partial charge >= 0.3 is 0 Å². The van der Waals surface area contributed by atoms with Crippen molar-refractivity contribution in [2.75, 3.05) is 11.9 Å². The Labute approximate surface area is 112 Å². The number of nitrogens with zero attached hydrogens (tertiary/aromatic N) is 1. The molecule has 2 heteroatoms. The minimum atomic E-state index is -0.366. The zero-order valence-electron chi connectivity index (χ0n) is 12.4. The number of hydrogen-bond acceptors (Lipinski definition) is 2. The topological polar surface area (TPSA) is 23.5 Å². The summed E-state index contributed by atoms with van der Waals surface area (Å²) in [5.41, 5.74) is 2.19. The first-order valence-corrected chi connectivity index (χ1v) is 6.97. The van der Waals surface area contributed by atoms with Crippen LogP contribution in [0.2, 0.25) is 0 Å². The molecule has 1 aromatic rings. The van der Waals surface area contributed by atoms with E-state index in [0.29, 0.717) is 12.0 Å². The van der Waals surface area contributed by atoms with Crippen LogP contribution in [0, 0.1) is 5.92 Å². The number of anilines is 1. The molecular weight excluding hydrogens is 222 g/mol. The molecule has 0 amide bonds. The minimum Gasteiger partial charge on any atom is -0.388 e. The summed E-state index contributed by atoms with van der Waals surface area (Å²) in [6.07, 6.45) is 1.55. The molecule has 0 aliphatic rings. The Morgan fingerprint density at radius 1 is 1.17 bits per heavy atom. The van der Waals surface area contributed by atoms with Crippen LogP contribution in [0.4, 0.5) is 5.69 Å². The lowest BCUT2D eigenvalue weighted by atomic mass is 10.0. The first-order valence-electron chi connectivity index (χ1n) is 6.97. The number of rotatable bonds is 6. The Bertz CT molecular complexity index is 362. The number of aliphatic hydroxyl groups is 1. The third-order valence-electron chi connectivity index (χ3n) is 3.54. The Kier molecular flexibility index (Phi) is 5.67. The molecule has 0 saturated carbocycles. The van der Waals surface area contributed by atoms with Gasteiger partial charge in [0.2, 0.25) is 0 Å². The van der Waals surface area contributed by atoms with Crippen molar-refractivity contribution in [2.45, 2.75) is 52.7 Å². The number of aliphatic hydroxyl groups excluding tert-OH is 1. The normalized spacial score (nSPS) is 14.6. The molecule has 0 bridgehead atoms. The van der Waals surface area contributed by atoms with Gasteiger partial charge in [-0.2, -0.15) is 0 Å². The first-order chi connectivity index (χ1) is 8.47. The van der Waals surface area contributed by atoms with E-state index in [1.54, 1.807) is 0 Å². The van der Waals surface area contributed by atoms with Crippen molar-refractivity contribution in [3.8, 4) is 0 Å². The maximum atomic E-state index is 10.1. The molecule has 2 atom stereocenters. The Morgan fingerprint density at radius 2 is 1.78 bits per heavy atom. The average molecular weight is 249 g/mol. The fourth-order valence-corrected chi connectivity index (χ4v) is 2.39. The van der Waals surface area contributed by atoms with E-state index in [1.165, 1.54) is 0 Å². The van der Waals surface area contributed by atoms with E-state index in [-0.39, 0.29) is 6.10 Å². The van der Waals surface area contributed by atoms with Gasteiger partial charge in [-0.15, -0.1) is 0 Å². The maximum Gasteiger partial charge on any atom is 0.0807 e. The Morgan fingerprint density at radius 3 is 2.33 bits per heavy atom. The van der Waals surface area contributed by atoms with Crippen LogP contribution in [0.1, 0.15) is 52.2 Å². The molecule has 0 spiro atoms. The molecule has 18 heavy (non-hydrogen) atoms. The van der Waals surface area contributed by atoms with Crippen LogP contribution in [0.25, 0.3) is 0 Å². The van der Waals surface area contributed by atoms with Crippen LogP contribution in [0.3, 0.4) is 0 Å². The molecule has 0 aromatic heterocycles. The monoisotopic (exact) mass is 249 g/mol. The fourth-order valence-electron chi connectivity index (χ4n) is 2.39. The summed E-state index contributed by atoms with van der Waals surface area (Å²) in [7, 11) is 2.12. The molecule has 0 fully saturated rings. The van der Waals surface area contributed by atoms with Gasteiger partial charge < -0.3 is 10.0 Å². The van der Waals surface area contributed by atoms with Crippen molar-refractivity contribution >= 4 is 5.69 Å². The van der Waals surface area contributed by atoms with E-state index in [1.807, 2.05) is 25.1 Å². The summed E-state index contributed by atoms with van der Waals surface area (Å²) in [6, 6.07) is 8.65. The second-order valence-electron chi connectivity index (χ2n) is 5.57. The third kappa shape index (κ3) is 3.74. The van der Waals surface area contributed by atoms with Gasteiger partial charge in [-0.25, -0.2) is 0 Å².